The maximum atomic E-state index is 15.1. The molecule has 0 aliphatic heterocycles. The molecule has 5 rings (SSSR count). The zero-order chi connectivity index (χ0) is 30.9. The van der Waals surface area contributed by atoms with Crippen molar-refractivity contribution < 1.29 is 27.2 Å². The molecular weight excluding hydrogens is 602 g/mol. The lowest BCUT2D eigenvalue weighted by Gasteiger charge is -2.31. The predicted octanol–water partition coefficient (Wildman–Crippen LogP) is 5.05. The van der Waals surface area contributed by atoms with E-state index in [-0.39, 0.29) is 36.0 Å². The van der Waals surface area contributed by atoms with Gasteiger partial charge in [-0.25, -0.2) is 9.07 Å². The number of rotatable bonds is 10. The summed E-state index contributed by atoms with van der Waals surface area (Å²) in [4.78, 5) is 29.0. The first-order valence-corrected chi connectivity index (χ1v) is 13.5. The molecule has 0 bridgehead atoms. The molecule has 1 fully saturated rings. The van der Waals surface area contributed by atoms with Crippen LogP contribution in [-0.2, 0) is 18.3 Å². The molecule has 1 aliphatic carbocycles. The topological polar surface area (TPSA) is 155 Å². The number of aromatic nitrogens is 3. The molecule has 2 aromatic carbocycles. The lowest BCUT2D eigenvalue weighted by Crippen LogP contribution is -2.38. The molecule has 9 nitrogen and oxygen atoms in total. The summed E-state index contributed by atoms with van der Waals surface area (Å²) in [6, 6.07) is 13.8. The van der Waals surface area contributed by atoms with Crippen molar-refractivity contribution in [3.05, 3.63) is 106 Å². The van der Waals surface area contributed by atoms with Crippen molar-refractivity contribution in [3.63, 3.8) is 0 Å². The maximum Gasteiger partial charge on any atom is 0.435 e. The third-order valence-corrected chi connectivity index (χ3v) is 7.53. The zero-order valence-electron chi connectivity index (χ0n) is 23.3. The van der Waals surface area contributed by atoms with E-state index in [0.717, 1.165) is 30.0 Å². The SMILES string of the molecule is Cl.NCc1cccc(-n2nc(C(F)(F)F)cc2C(=O)Nc2cc(C(N)(CCC3CC3)c3ccc(C(N)=O)nc3)ccc2F)c1. The number of halogens is 5. The Morgan fingerprint density at radius 1 is 1.02 bits per heavy atom. The average Bonchev–Trinajstić information content (AvgIpc) is 3.70. The predicted molar refractivity (Wildman–Crippen MR) is 158 cm³/mol. The van der Waals surface area contributed by atoms with Gasteiger partial charge in [0.05, 0.1) is 16.9 Å². The van der Waals surface area contributed by atoms with Crippen molar-refractivity contribution in [1.29, 1.82) is 0 Å². The van der Waals surface area contributed by atoms with Gasteiger partial charge in [0, 0.05) is 18.8 Å². The number of primary amides is 1. The Labute approximate surface area is 256 Å². The number of nitrogens with one attached hydrogen (secondary N) is 1. The van der Waals surface area contributed by atoms with E-state index in [1.54, 1.807) is 18.2 Å². The molecule has 44 heavy (non-hydrogen) atoms. The first-order chi connectivity index (χ1) is 20.4. The highest BCUT2D eigenvalue weighted by Gasteiger charge is 2.37. The Balaban J connectivity index is 0.00000442. The molecule has 1 saturated carbocycles. The molecule has 1 aliphatic rings. The summed E-state index contributed by atoms with van der Waals surface area (Å²) in [5.41, 5.74) is 16.5. The summed E-state index contributed by atoms with van der Waals surface area (Å²) in [5, 5.41) is 6.01. The normalized spacial score (nSPS) is 14.4. The maximum absolute atomic E-state index is 15.1. The number of nitrogens with zero attached hydrogens (tertiary/aromatic N) is 3. The summed E-state index contributed by atoms with van der Waals surface area (Å²) in [6.07, 6.45) is -0.0399. The summed E-state index contributed by atoms with van der Waals surface area (Å²) in [7, 11) is 0. The number of carbonyl (C=O) groups is 2. The molecule has 0 spiro atoms. The molecule has 14 heteroatoms. The van der Waals surface area contributed by atoms with Gasteiger partial charge in [0.25, 0.3) is 11.8 Å². The highest BCUT2D eigenvalue weighted by atomic mass is 35.5. The molecule has 0 radical (unpaired) electrons. The van der Waals surface area contributed by atoms with Crippen LogP contribution in [0.1, 0.15) is 69.0 Å². The van der Waals surface area contributed by atoms with Crippen molar-refractivity contribution >= 4 is 29.9 Å². The van der Waals surface area contributed by atoms with Crippen LogP contribution in [0.15, 0.2) is 66.9 Å². The number of hydrogen-bond acceptors (Lipinski definition) is 6. The Morgan fingerprint density at radius 3 is 2.36 bits per heavy atom. The molecule has 2 heterocycles. The molecule has 2 aromatic heterocycles. The first kappa shape index (κ1) is 32.6. The Morgan fingerprint density at radius 2 is 1.75 bits per heavy atom. The number of anilines is 1. The van der Waals surface area contributed by atoms with E-state index < -0.39 is 40.7 Å². The van der Waals surface area contributed by atoms with E-state index in [9.17, 15) is 22.8 Å². The number of pyridine rings is 1. The molecule has 7 N–H and O–H groups in total. The van der Waals surface area contributed by atoms with E-state index in [0.29, 0.717) is 35.1 Å². The number of hydrogen-bond donors (Lipinski definition) is 4. The van der Waals surface area contributed by atoms with Crippen LogP contribution in [0.25, 0.3) is 5.69 Å². The monoisotopic (exact) mass is 631 g/mol. The first-order valence-electron chi connectivity index (χ1n) is 13.5. The van der Waals surface area contributed by atoms with E-state index in [1.807, 2.05) is 0 Å². The highest BCUT2D eigenvalue weighted by Crippen LogP contribution is 2.40. The van der Waals surface area contributed by atoms with Crippen molar-refractivity contribution in [1.82, 2.24) is 14.8 Å². The van der Waals surface area contributed by atoms with E-state index >= 15 is 4.39 Å². The standard InChI is InChI=1S/C30H29F4N7O2.ClH/c31-22-8-6-19(29(37,11-10-17-4-5-17)20-7-9-23(27(36)42)38-16-20)13-24(22)39-28(43)25-14-26(30(32,33)34)40-41(25)21-3-1-2-18(12-21)15-35;/h1-3,6-9,12-14,16-17H,4-5,10-11,15,35,37H2,(H2,36,42)(H,39,43);1H. The summed E-state index contributed by atoms with van der Waals surface area (Å²) in [5.74, 6) is -2.05. The minimum Gasteiger partial charge on any atom is -0.364 e. The summed E-state index contributed by atoms with van der Waals surface area (Å²) >= 11 is 0. The third kappa shape index (κ3) is 6.90. The smallest absolute Gasteiger partial charge is 0.364 e. The van der Waals surface area contributed by atoms with E-state index in [4.69, 9.17) is 17.2 Å². The average molecular weight is 632 g/mol. The van der Waals surface area contributed by atoms with Crippen molar-refractivity contribution in [2.45, 2.75) is 43.9 Å². The fourth-order valence-corrected chi connectivity index (χ4v) is 4.88. The van der Waals surface area contributed by atoms with Crippen LogP contribution < -0.4 is 22.5 Å². The Kier molecular flexibility index (Phi) is 9.42. The minimum atomic E-state index is -4.84. The van der Waals surface area contributed by atoms with Crippen LogP contribution in [0.5, 0.6) is 0 Å². The van der Waals surface area contributed by atoms with Crippen LogP contribution in [0, 0.1) is 11.7 Å². The van der Waals surface area contributed by atoms with Crippen molar-refractivity contribution in [3.8, 4) is 5.69 Å². The van der Waals surface area contributed by atoms with Crippen LogP contribution in [0.4, 0.5) is 23.2 Å². The molecule has 4 aromatic rings. The van der Waals surface area contributed by atoms with Gasteiger partial charge in [-0.2, -0.15) is 18.3 Å². The van der Waals surface area contributed by atoms with E-state index in [1.165, 1.54) is 36.5 Å². The molecule has 1 atom stereocenters. The van der Waals surface area contributed by atoms with Gasteiger partial charge in [0.1, 0.15) is 17.2 Å². The van der Waals surface area contributed by atoms with Gasteiger partial charge >= 0.3 is 6.18 Å². The second-order valence-electron chi connectivity index (χ2n) is 10.6. The molecular formula is C30H30ClF4N7O2. The quantitative estimate of drug-likeness (QED) is 0.180. The number of amides is 2. The lowest BCUT2D eigenvalue weighted by atomic mass is 9.80. The summed E-state index contributed by atoms with van der Waals surface area (Å²) < 4.78 is 56.8. The molecule has 1 unspecified atom stereocenters. The van der Waals surface area contributed by atoms with Crippen molar-refractivity contribution in [2.75, 3.05) is 5.32 Å². The lowest BCUT2D eigenvalue weighted by molar-refractivity contribution is -0.141. The molecule has 232 valence electrons. The fourth-order valence-electron chi connectivity index (χ4n) is 4.88. The van der Waals surface area contributed by atoms with Crippen LogP contribution in [0.3, 0.4) is 0 Å². The number of carbonyl (C=O) groups excluding carboxylic acids is 2. The van der Waals surface area contributed by atoms with Gasteiger partial charge in [-0.15, -0.1) is 12.4 Å². The Bertz CT molecular complexity index is 1670. The van der Waals surface area contributed by atoms with Gasteiger partial charge in [-0.1, -0.05) is 37.1 Å². The molecule has 0 saturated heterocycles. The second-order valence-corrected chi connectivity index (χ2v) is 10.6. The highest BCUT2D eigenvalue weighted by molar-refractivity contribution is 6.03. The summed E-state index contributed by atoms with van der Waals surface area (Å²) in [6.45, 7) is 0.114. The number of nitrogens with two attached hydrogens (primary N) is 3. The Hall–Kier alpha value is -4.33. The van der Waals surface area contributed by atoms with Gasteiger partial charge in [0.15, 0.2) is 5.69 Å². The van der Waals surface area contributed by atoms with Gasteiger partial charge in [-0.05, 0) is 65.8 Å². The molecule has 2 amide bonds. The van der Waals surface area contributed by atoms with Crippen LogP contribution in [-0.4, -0.2) is 26.6 Å². The van der Waals surface area contributed by atoms with Gasteiger partial charge in [0.2, 0.25) is 0 Å². The third-order valence-electron chi connectivity index (χ3n) is 7.53. The number of benzene rings is 2. The second kappa shape index (κ2) is 12.7. The van der Waals surface area contributed by atoms with E-state index in [2.05, 4.69) is 15.4 Å². The zero-order valence-corrected chi connectivity index (χ0v) is 24.1. The fraction of sp³-hybridized carbons (Fsp3) is 0.267. The van der Waals surface area contributed by atoms with Crippen molar-refractivity contribution in [2.24, 2.45) is 23.1 Å². The van der Waals surface area contributed by atoms with Gasteiger partial charge < -0.3 is 22.5 Å². The largest absolute Gasteiger partial charge is 0.435 e. The van der Waals surface area contributed by atoms with Gasteiger partial charge in [-0.3, -0.25) is 14.6 Å². The number of alkyl halides is 3. The minimum absolute atomic E-state index is 0. The van der Waals surface area contributed by atoms with Crippen LogP contribution >= 0.6 is 12.4 Å². The van der Waals surface area contributed by atoms with Crippen LogP contribution in [0.2, 0.25) is 0 Å².